The second kappa shape index (κ2) is 6.58. The van der Waals surface area contributed by atoms with Gasteiger partial charge in [-0.2, -0.15) is 0 Å². The molecule has 1 N–H and O–H groups in total. The first-order chi connectivity index (χ1) is 10.7. The number of benzene rings is 1. The third kappa shape index (κ3) is 2.97. The van der Waals surface area contributed by atoms with Crippen LogP contribution in [0.5, 0.6) is 0 Å². The van der Waals surface area contributed by atoms with E-state index in [1.54, 1.807) is 12.1 Å². The van der Waals surface area contributed by atoms with E-state index in [1.165, 1.54) is 6.07 Å². The summed E-state index contributed by atoms with van der Waals surface area (Å²) >= 11 is 6.14. The second-order valence-corrected chi connectivity index (χ2v) is 7.11. The van der Waals surface area contributed by atoms with E-state index in [9.17, 15) is 9.18 Å². The summed E-state index contributed by atoms with van der Waals surface area (Å²) in [5, 5.41) is 3.85. The molecular formula is C17H21Cl2FN2O. The number of nitrogens with one attached hydrogen (secondary N) is 1. The number of rotatable bonds is 2. The summed E-state index contributed by atoms with van der Waals surface area (Å²) in [7, 11) is 0. The smallest absolute Gasteiger partial charge is 0.226 e. The lowest BCUT2D eigenvalue weighted by Crippen LogP contribution is -2.43. The Bertz CT molecular complexity index is 578. The average molecular weight is 359 g/mol. The van der Waals surface area contributed by atoms with Gasteiger partial charge in [0.15, 0.2) is 0 Å². The molecule has 4 unspecified atom stereocenters. The molecule has 1 aromatic carbocycles. The summed E-state index contributed by atoms with van der Waals surface area (Å²) in [6, 6.07) is 5.43. The Hall–Kier alpha value is -0.840. The topological polar surface area (TPSA) is 32.3 Å². The van der Waals surface area contributed by atoms with E-state index < -0.39 is 0 Å². The molecule has 0 aromatic heterocycles. The first kappa shape index (κ1) is 17.0. The van der Waals surface area contributed by atoms with Gasteiger partial charge in [0.25, 0.3) is 0 Å². The van der Waals surface area contributed by atoms with Gasteiger partial charge in [-0.1, -0.05) is 17.7 Å². The second-order valence-electron chi connectivity index (χ2n) is 6.71. The zero-order valence-electron chi connectivity index (χ0n) is 12.8. The number of halogens is 3. The van der Waals surface area contributed by atoms with Crippen LogP contribution in [0.3, 0.4) is 0 Å². The quantitative estimate of drug-likeness (QED) is 0.878. The lowest BCUT2D eigenvalue weighted by molar-refractivity contribution is -0.135. The molecule has 1 aromatic rings. The maximum Gasteiger partial charge on any atom is 0.226 e. The third-order valence-corrected chi connectivity index (χ3v) is 5.72. The summed E-state index contributed by atoms with van der Waals surface area (Å²) in [6.07, 6.45) is 3.94. The lowest BCUT2D eigenvalue weighted by atomic mass is 10.1. The van der Waals surface area contributed by atoms with Crippen molar-refractivity contribution in [2.24, 2.45) is 5.92 Å². The Morgan fingerprint density at radius 1 is 1.26 bits per heavy atom. The minimum atomic E-state index is -0.284. The van der Waals surface area contributed by atoms with E-state index in [4.69, 9.17) is 11.6 Å². The van der Waals surface area contributed by atoms with Gasteiger partial charge >= 0.3 is 0 Å². The molecule has 1 saturated carbocycles. The monoisotopic (exact) mass is 358 g/mol. The van der Waals surface area contributed by atoms with Crippen LogP contribution in [0.15, 0.2) is 18.2 Å². The number of carbonyl (C=O) groups excluding carboxylic acids is 1. The highest BCUT2D eigenvalue weighted by atomic mass is 35.5. The minimum absolute atomic E-state index is 0. The van der Waals surface area contributed by atoms with Crippen LogP contribution < -0.4 is 5.32 Å². The van der Waals surface area contributed by atoms with Crippen molar-refractivity contribution in [1.82, 2.24) is 10.2 Å². The van der Waals surface area contributed by atoms with E-state index in [0.717, 1.165) is 38.8 Å². The zero-order valence-corrected chi connectivity index (χ0v) is 14.4. The lowest BCUT2D eigenvalue weighted by Gasteiger charge is -2.28. The fourth-order valence-corrected chi connectivity index (χ4v) is 4.49. The number of fused-ring (bicyclic) bond motifs is 2. The van der Waals surface area contributed by atoms with Gasteiger partial charge < -0.3 is 10.2 Å². The van der Waals surface area contributed by atoms with Gasteiger partial charge in [-0.3, -0.25) is 4.79 Å². The summed E-state index contributed by atoms with van der Waals surface area (Å²) in [5.74, 6) is -0.207. The molecule has 2 bridgehead atoms. The molecule has 2 saturated heterocycles. The van der Waals surface area contributed by atoms with Gasteiger partial charge in [0, 0.05) is 41.1 Å². The highest BCUT2D eigenvalue weighted by Gasteiger charge is 2.51. The van der Waals surface area contributed by atoms with Gasteiger partial charge in [0.2, 0.25) is 5.91 Å². The van der Waals surface area contributed by atoms with Crippen molar-refractivity contribution in [2.75, 3.05) is 13.1 Å². The summed E-state index contributed by atoms with van der Waals surface area (Å²) < 4.78 is 14.0. The normalized spacial score (nSPS) is 32.2. The number of nitrogens with zero attached hydrogens (tertiary/aromatic N) is 1. The molecule has 1 amide bonds. The summed E-state index contributed by atoms with van der Waals surface area (Å²) in [6.45, 7) is 1.87. The van der Waals surface area contributed by atoms with Crippen LogP contribution in [-0.2, 0) is 4.79 Å². The van der Waals surface area contributed by atoms with Crippen LogP contribution in [0, 0.1) is 11.7 Å². The molecule has 23 heavy (non-hydrogen) atoms. The van der Waals surface area contributed by atoms with Crippen molar-refractivity contribution in [3.05, 3.63) is 34.6 Å². The van der Waals surface area contributed by atoms with Crippen molar-refractivity contribution in [1.29, 1.82) is 0 Å². The molecule has 2 heterocycles. The van der Waals surface area contributed by atoms with Crippen molar-refractivity contribution < 1.29 is 9.18 Å². The standard InChI is InChI=1S/C17H20ClFN2O.ClH/c18-14-2-1-3-15(19)16(14)12-8-13(12)17(22)21-10-4-5-11(21)9-20-7-6-10;/h1-3,10-13,20H,4-9H2;1H. The van der Waals surface area contributed by atoms with Gasteiger partial charge in [0.1, 0.15) is 5.82 Å². The Balaban J connectivity index is 0.00000156. The Labute approximate surface area is 147 Å². The van der Waals surface area contributed by atoms with Crippen molar-refractivity contribution in [3.63, 3.8) is 0 Å². The molecule has 126 valence electrons. The zero-order chi connectivity index (χ0) is 15.3. The molecule has 6 heteroatoms. The first-order valence-corrected chi connectivity index (χ1v) is 8.51. The molecule has 1 aliphatic carbocycles. The highest BCUT2D eigenvalue weighted by Crippen LogP contribution is 2.52. The van der Waals surface area contributed by atoms with Crippen LogP contribution in [0.2, 0.25) is 5.02 Å². The predicted molar refractivity (Wildman–Crippen MR) is 90.6 cm³/mol. The van der Waals surface area contributed by atoms with E-state index in [0.29, 0.717) is 22.7 Å². The molecule has 0 radical (unpaired) electrons. The van der Waals surface area contributed by atoms with Crippen LogP contribution in [-0.4, -0.2) is 36.0 Å². The summed E-state index contributed by atoms with van der Waals surface area (Å²) in [4.78, 5) is 15.0. The van der Waals surface area contributed by atoms with Crippen LogP contribution in [0.1, 0.15) is 37.2 Å². The van der Waals surface area contributed by atoms with E-state index >= 15 is 0 Å². The van der Waals surface area contributed by atoms with Gasteiger partial charge in [-0.25, -0.2) is 4.39 Å². The molecule has 2 aliphatic heterocycles. The molecule has 3 fully saturated rings. The minimum Gasteiger partial charge on any atom is -0.335 e. The number of hydrogen-bond donors (Lipinski definition) is 1. The molecular weight excluding hydrogens is 338 g/mol. The Morgan fingerprint density at radius 3 is 2.83 bits per heavy atom. The molecule has 3 aliphatic rings. The molecule has 0 spiro atoms. The molecule has 4 rings (SSSR count). The fourth-order valence-electron chi connectivity index (χ4n) is 4.19. The van der Waals surface area contributed by atoms with E-state index in [2.05, 4.69) is 10.2 Å². The number of hydrogen-bond acceptors (Lipinski definition) is 2. The molecule has 3 nitrogen and oxygen atoms in total. The fraction of sp³-hybridized carbons (Fsp3) is 0.588. The maximum atomic E-state index is 14.0. The Morgan fingerprint density at radius 2 is 2.04 bits per heavy atom. The van der Waals surface area contributed by atoms with E-state index in [1.807, 2.05) is 0 Å². The SMILES string of the molecule is Cl.O=C(C1CC1c1c(F)cccc1Cl)N1C2CCNCC1CC2. The number of carbonyl (C=O) groups is 1. The third-order valence-electron chi connectivity index (χ3n) is 5.39. The van der Waals surface area contributed by atoms with Crippen molar-refractivity contribution in [3.8, 4) is 0 Å². The van der Waals surface area contributed by atoms with Crippen LogP contribution >= 0.6 is 24.0 Å². The highest BCUT2D eigenvalue weighted by molar-refractivity contribution is 6.31. The average Bonchev–Trinajstić information content (AvgIpc) is 3.17. The van der Waals surface area contributed by atoms with Crippen molar-refractivity contribution >= 4 is 29.9 Å². The first-order valence-electron chi connectivity index (χ1n) is 8.13. The summed E-state index contributed by atoms with van der Waals surface area (Å²) in [5.41, 5.74) is 0.530. The van der Waals surface area contributed by atoms with Crippen LogP contribution in [0.4, 0.5) is 4.39 Å². The van der Waals surface area contributed by atoms with Gasteiger partial charge in [-0.05, 0) is 44.4 Å². The Kier molecular flexibility index (Phi) is 4.86. The predicted octanol–water partition coefficient (Wildman–Crippen LogP) is 3.36. The van der Waals surface area contributed by atoms with Gasteiger partial charge in [0.05, 0.1) is 0 Å². The van der Waals surface area contributed by atoms with E-state index in [-0.39, 0.29) is 36.0 Å². The molecule has 4 atom stereocenters. The van der Waals surface area contributed by atoms with Crippen LogP contribution in [0.25, 0.3) is 0 Å². The van der Waals surface area contributed by atoms with Crippen molar-refractivity contribution in [2.45, 2.75) is 43.7 Å². The van der Waals surface area contributed by atoms with Gasteiger partial charge in [-0.15, -0.1) is 12.4 Å². The largest absolute Gasteiger partial charge is 0.335 e. The number of amides is 1. The maximum absolute atomic E-state index is 14.0.